The number of hydrogen-bond donors (Lipinski definition) is 1. The van der Waals surface area contributed by atoms with Gasteiger partial charge in [0.25, 0.3) is 0 Å². The molecular weight excluding hydrogens is 401 g/mol. The fourth-order valence-electron chi connectivity index (χ4n) is 3.12. The van der Waals surface area contributed by atoms with E-state index < -0.39 is 0 Å². The molecule has 0 atom stereocenters. The number of thiocarbonyl (C=S) groups is 1. The molecule has 0 saturated carbocycles. The lowest BCUT2D eigenvalue weighted by Crippen LogP contribution is -2.49. The van der Waals surface area contributed by atoms with E-state index in [0.717, 1.165) is 54.8 Å². The van der Waals surface area contributed by atoms with Gasteiger partial charge in [-0.15, -0.1) is 0 Å². The van der Waals surface area contributed by atoms with Crippen LogP contribution in [0.5, 0.6) is 5.75 Å². The van der Waals surface area contributed by atoms with E-state index in [0.29, 0.717) is 10.0 Å². The van der Waals surface area contributed by atoms with Crippen LogP contribution >= 0.6 is 35.4 Å². The van der Waals surface area contributed by atoms with Gasteiger partial charge in [0.2, 0.25) is 0 Å². The fourth-order valence-corrected chi connectivity index (χ4v) is 3.73. The van der Waals surface area contributed by atoms with E-state index in [9.17, 15) is 0 Å². The van der Waals surface area contributed by atoms with Crippen LogP contribution in [0.2, 0.25) is 10.0 Å². The van der Waals surface area contributed by atoms with E-state index in [2.05, 4.69) is 22.0 Å². The summed E-state index contributed by atoms with van der Waals surface area (Å²) in [6.45, 7) is 6.54. The Morgan fingerprint density at radius 1 is 1.07 bits per heavy atom. The smallest absolute Gasteiger partial charge is 0.173 e. The second-order valence-electron chi connectivity index (χ2n) is 6.65. The third-order valence-electron chi connectivity index (χ3n) is 4.65. The number of nitrogens with zero attached hydrogens (tertiary/aromatic N) is 2. The summed E-state index contributed by atoms with van der Waals surface area (Å²) in [5.41, 5.74) is 3.23. The molecule has 1 heterocycles. The van der Waals surface area contributed by atoms with Crippen molar-refractivity contribution in [3.63, 3.8) is 0 Å². The average Bonchev–Trinajstić information content (AvgIpc) is 2.65. The third-order valence-corrected chi connectivity index (χ3v) is 5.75. The molecule has 0 radical (unpaired) electrons. The maximum atomic E-state index is 6.11. The number of anilines is 1. The Kier molecular flexibility index (Phi) is 6.82. The Hall–Kier alpha value is -1.53. The summed E-state index contributed by atoms with van der Waals surface area (Å²) in [6.07, 6.45) is 0. The van der Waals surface area contributed by atoms with Crippen molar-refractivity contribution in [1.29, 1.82) is 0 Å². The minimum atomic E-state index is 0.591. The predicted octanol–water partition coefficient (Wildman–Crippen LogP) is 4.83. The monoisotopic (exact) mass is 423 g/mol. The van der Waals surface area contributed by atoms with Gasteiger partial charge in [-0.1, -0.05) is 35.3 Å². The van der Waals surface area contributed by atoms with Crippen LogP contribution < -0.4 is 10.1 Å². The standard InChI is InChI=1S/C20H23Cl2N3OS/c1-14-3-6-19(26-2)18(11-14)23-20(27)25-9-7-24(8-10-25)13-15-4-5-16(21)17(22)12-15/h3-6,11-12H,7-10,13H2,1-2H3,(H,23,27). The molecule has 0 aliphatic carbocycles. The summed E-state index contributed by atoms with van der Waals surface area (Å²) in [7, 11) is 1.67. The van der Waals surface area contributed by atoms with Gasteiger partial charge in [-0.25, -0.2) is 0 Å². The summed E-state index contributed by atoms with van der Waals surface area (Å²) in [5, 5.41) is 5.25. The Labute approximate surface area is 176 Å². The van der Waals surface area contributed by atoms with Gasteiger partial charge in [0.1, 0.15) is 5.75 Å². The van der Waals surface area contributed by atoms with E-state index in [1.807, 2.05) is 36.4 Å². The van der Waals surface area contributed by atoms with Crippen molar-refractivity contribution < 1.29 is 4.74 Å². The molecule has 1 N–H and O–H groups in total. The van der Waals surface area contributed by atoms with Crippen molar-refractivity contribution in [2.24, 2.45) is 0 Å². The lowest BCUT2D eigenvalue weighted by molar-refractivity contribution is 0.177. The number of ether oxygens (including phenoxy) is 1. The van der Waals surface area contributed by atoms with Crippen LogP contribution in [-0.2, 0) is 6.54 Å². The van der Waals surface area contributed by atoms with E-state index in [1.54, 1.807) is 7.11 Å². The molecule has 1 aliphatic heterocycles. The molecule has 1 saturated heterocycles. The van der Waals surface area contributed by atoms with E-state index in [1.165, 1.54) is 5.56 Å². The second-order valence-corrected chi connectivity index (χ2v) is 7.85. The Balaban J connectivity index is 1.55. The van der Waals surface area contributed by atoms with Gasteiger partial charge < -0.3 is 15.0 Å². The molecule has 1 aliphatic rings. The van der Waals surface area contributed by atoms with E-state index in [4.69, 9.17) is 40.2 Å². The molecule has 0 bridgehead atoms. The highest BCUT2D eigenvalue weighted by Gasteiger charge is 2.20. The number of piperazine rings is 1. The Morgan fingerprint density at radius 2 is 1.81 bits per heavy atom. The molecule has 144 valence electrons. The maximum absolute atomic E-state index is 6.11. The highest BCUT2D eigenvalue weighted by molar-refractivity contribution is 7.80. The van der Waals surface area contributed by atoms with Crippen LogP contribution in [0.25, 0.3) is 0 Å². The zero-order chi connectivity index (χ0) is 19.4. The first kappa shape index (κ1) is 20.2. The summed E-state index contributed by atoms with van der Waals surface area (Å²) in [5.74, 6) is 0.793. The van der Waals surface area contributed by atoms with Crippen LogP contribution in [0.15, 0.2) is 36.4 Å². The van der Waals surface area contributed by atoms with Crippen molar-refractivity contribution in [1.82, 2.24) is 9.80 Å². The molecule has 27 heavy (non-hydrogen) atoms. The normalized spacial score (nSPS) is 14.9. The highest BCUT2D eigenvalue weighted by atomic mass is 35.5. The topological polar surface area (TPSA) is 27.7 Å². The zero-order valence-electron chi connectivity index (χ0n) is 15.5. The SMILES string of the molecule is COc1ccc(C)cc1NC(=S)N1CCN(Cc2ccc(Cl)c(Cl)c2)CC1. The number of hydrogen-bond acceptors (Lipinski definition) is 3. The number of rotatable bonds is 4. The third kappa shape index (κ3) is 5.26. The number of halogens is 2. The Morgan fingerprint density at radius 3 is 2.48 bits per heavy atom. The molecule has 2 aromatic rings. The van der Waals surface area contributed by atoms with Gasteiger partial charge in [-0.2, -0.15) is 0 Å². The van der Waals surface area contributed by atoms with Crippen LogP contribution in [0.4, 0.5) is 5.69 Å². The molecule has 0 aromatic heterocycles. The zero-order valence-corrected chi connectivity index (χ0v) is 17.8. The highest BCUT2D eigenvalue weighted by Crippen LogP contribution is 2.26. The van der Waals surface area contributed by atoms with E-state index >= 15 is 0 Å². The molecule has 0 spiro atoms. The first-order valence-corrected chi connectivity index (χ1v) is 9.99. The molecule has 2 aromatic carbocycles. The fraction of sp³-hybridized carbons (Fsp3) is 0.350. The van der Waals surface area contributed by atoms with Gasteiger partial charge in [-0.05, 0) is 54.5 Å². The minimum absolute atomic E-state index is 0.591. The molecule has 4 nitrogen and oxygen atoms in total. The van der Waals surface area contributed by atoms with E-state index in [-0.39, 0.29) is 0 Å². The maximum Gasteiger partial charge on any atom is 0.173 e. The first-order chi connectivity index (χ1) is 13.0. The first-order valence-electron chi connectivity index (χ1n) is 8.83. The van der Waals surface area contributed by atoms with Crippen molar-refractivity contribution >= 4 is 46.2 Å². The van der Waals surface area contributed by atoms with Crippen molar-refractivity contribution in [2.75, 3.05) is 38.6 Å². The molecule has 0 unspecified atom stereocenters. The van der Waals surface area contributed by atoms with Crippen LogP contribution in [0.3, 0.4) is 0 Å². The van der Waals surface area contributed by atoms with Crippen molar-refractivity contribution in [2.45, 2.75) is 13.5 Å². The molecule has 1 fully saturated rings. The second kappa shape index (κ2) is 9.11. The van der Waals surface area contributed by atoms with Gasteiger partial charge in [0.05, 0.1) is 22.8 Å². The summed E-state index contributed by atoms with van der Waals surface area (Å²) < 4.78 is 5.42. The molecule has 3 rings (SSSR count). The van der Waals surface area contributed by atoms with Crippen LogP contribution in [0, 0.1) is 6.92 Å². The lowest BCUT2D eigenvalue weighted by atomic mass is 10.2. The average molecular weight is 424 g/mol. The lowest BCUT2D eigenvalue weighted by Gasteiger charge is -2.36. The van der Waals surface area contributed by atoms with Crippen LogP contribution in [-0.4, -0.2) is 48.2 Å². The van der Waals surface area contributed by atoms with Gasteiger partial charge in [0, 0.05) is 32.7 Å². The molecule has 7 heteroatoms. The Bertz CT molecular complexity index is 823. The van der Waals surface area contributed by atoms with Gasteiger partial charge >= 0.3 is 0 Å². The predicted molar refractivity (Wildman–Crippen MR) is 117 cm³/mol. The van der Waals surface area contributed by atoms with Crippen molar-refractivity contribution in [3.8, 4) is 5.75 Å². The molecular formula is C20H23Cl2N3OS. The number of nitrogens with one attached hydrogen (secondary N) is 1. The summed E-state index contributed by atoms with van der Waals surface area (Å²) in [6, 6.07) is 11.8. The van der Waals surface area contributed by atoms with Crippen LogP contribution in [0.1, 0.15) is 11.1 Å². The number of methoxy groups -OCH3 is 1. The van der Waals surface area contributed by atoms with Gasteiger partial charge in [-0.3, -0.25) is 4.90 Å². The molecule has 0 amide bonds. The quantitative estimate of drug-likeness (QED) is 0.711. The summed E-state index contributed by atoms with van der Waals surface area (Å²) in [4.78, 5) is 4.59. The largest absolute Gasteiger partial charge is 0.495 e. The number of benzene rings is 2. The van der Waals surface area contributed by atoms with Crippen molar-refractivity contribution in [3.05, 3.63) is 57.6 Å². The summed E-state index contributed by atoms with van der Waals surface area (Å²) >= 11 is 17.7. The van der Waals surface area contributed by atoms with Gasteiger partial charge in [0.15, 0.2) is 5.11 Å². The number of aryl methyl sites for hydroxylation is 1. The minimum Gasteiger partial charge on any atom is -0.495 e.